The van der Waals surface area contributed by atoms with E-state index < -0.39 is 17.7 Å². The van der Waals surface area contributed by atoms with E-state index in [0.29, 0.717) is 0 Å². The molecular weight excluding hydrogens is 325 g/mol. The first-order valence-electron chi connectivity index (χ1n) is 6.16. The molecule has 118 valence electrons. The number of ether oxygens (including phenoxy) is 1. The number of aromatic nitrogens is 2. The maximum atomic E-state index is 12.7. The second-order valence-electron chi connectivity index (χ2n) is 4.26. The molecule has 0 saturated heterocycles. The van der Waals surface area contributed by atoms with Gasteiger partial charge in [-0.1, -0.05) is 16.8 Å². The van der Waals surface area contributed by atoms with Crippen molar-refractivity contribution < 1.29 is 27.2 Å². The predicted octanol–water partition coefficient (Wildman–Crippen LogP) is 3.51. The molecule has 0 N–H and O–H groups in total. The minimum atomic E-state index is -4.51. The summed E-state index contributed by atoms with van der Waals surface area (Å²) in [6.07, 6.45) is -4.57. The van der Waals surface area contributed by atoms with E-state index in [0.717, 1.165) is 12.1 Å². The van der Waals surface area contributed by atoms with E-state index in [-0.39, 0.29) is 35.3 Å². The van der Waals surface area contributed by atoms with Crippen molar-refractivity contribution in [2.75, 3.05) is 6.61 Å². The molecule has 0 amide bonds. The molecule has 0 aliphatic heterocycles. The summed E-state index contributed by atoms with van der Waals surface area (Å²) < 4.78 is 47.5. The van der Waals surface area contributed by atoms with Gasteiger partial charge in [-0.15, -0.1) is 0 Å². The summed E-state index contributed by atoms with van der Waals surface area (Å²) >= 11 is 5.68. The third-order valence-corrected chi connectivity index (χ3v) is 2.78. The molecule has 0 fully saturated rings. The number of benzene rings is 1. The molecule has 0 spiro atoms. The van der Waals surface area contributed by atoms with Crippen LogP contribution >= 0.6 is 11.6 Å². The van der Waals surface area contributed by atoms with Gasteiger partial charge in [-0.05, 0) is 30.7 Å². The fourth-order valence-electron chi connectivity index (χ4n) is 1.70. The number of hydrogen-bond donors (Lipinski definition) is 0. The highest BCUT2D eigenvalue weighted by molar-refractivity contribution is 6.30. The maximum absolute atomic E-state index is 12.7. The number of carbonyl (C=O) groups excluding carboxylic acids is 1. The van der Waals surface area contributed by atoms with Crippen molar-refractivity contribution in [2.45, 2.75) is 19.5 Å². The van der Waals surface area contributed by atoms with E-state index in [9.17, 15) is 18.0 Å². The zero-order valence-corrected chi connectivity index (χ0v) is 12.0. The molecule has 0 bridgehead atoms. The van der Waals surface area contributed by atoms with Crippen LogP contribution in [0.3, 0.4) is 0 Å². The van der Waals surface area contributed by atoms with Gasteiger partial charge < -0.3 is 9.26 Å². The van der Waals surface area contributed by atoms with E-state index in [1.54, 1.807) is 6.92 Å². The van der Waals surface area contributed by atoms with E-state index in [1.807, 2.05) is 0 Å². The molecule has 1 aromatic carbocycles. The lowest BCUT2D eigenvalue weighted by molar-refractivity contribution is -0.137. The molecular formula is C13H10ClF3N2O3. The number of rotatable bonds is 4. The smallest absolute Gasteiger partial charge is 0.416 e. The van der Waals surface area contributed by atoms with Crippen molar-refractivity contribution in [3.05, 3.63) is 46.1 Å². The van der Waals surface area contributed by atoms with Crippen LogP contribution in [-0.4, -0.2) is 22.7 Å². The summed E-state index contributed by atoms with van der Waals surface area (Å²) in [6, 6.07) is 3.12. The highest BCUT2D eigenvalue weighted by Gasteiger charge is 2.31. The maximum Gasteiger partial charge on any atom is 0.416 e. The van der Waals surface area contributed by atoms with Gasteiger partial charge in [0.05, 0.1) is 12.2 Å². The first-order chi connectivity index (χ1) is 10.3. The summed E-state index contributed by atoms with van der Waals surface area (Å²) in [5.41, 5.74) is -0.625. The van der Waals surface area contributed by atoms with Crippen LogP contribution in [0.4, 0.5) is 13.2 Å². The van der Waals surface area contributed by atoms with Gasteiger partial charge in [0.25, 0.3) is 0 Å². The van der Waals surface area contributed by atoms with Crippen LogP contribution in [-0.2, 0) is 17.3 Å². The number of alkyl halides is 3. The van der Waals surface area contributed by atoms with Gasteiger partial charge in [-0.2, -0.15) is 18.2 Å². The predicted molar refractivity (Wildman–Crippen MR) is 69.5 cm³/mol. The molecule has 9 heteroatoms. The zero-order valence-electron chi connectivity index (χ0n) is 11.3. The third kappa shape index (κ3) is 3.97. The van der Waals surface area contributed by atoms with E-state index in [2.05, 4.69) is 19.4 Å². The van der Waals surface area contributed by atoms with Crippen molar-refractivity contribution in [3.8, 4) is 0 Å². The summed E-state index contributed by atoms with van der Waals surface area (Å²) in [4.78, 5) is 15.1. The molecule has 0 atom stereocenters. The standard InChI is InChI=1S/C13H10ClF3N2O3/c1-2-21-12(20)11-18-10(19-22-11)5-7-3-8(13(15,16)17)6-9(14)4-7/h3-4,6H,2,5H2,1H3. The molecule has 22 heavy (non-hydrogen) atoms. The Bertz CT molecular complexity index is 685. The quantitative estimate of drug-likeness (QED) is 0.800. The van der Waals surface area contributed by atoms with Crippen LogP contribution < -0.4 is 0 Å². The normalized spacial score (nSPS) is 11.5. The average Bonchev–Trinajstić information content (AvgIpc) is 2.86. The summed E-state index contributed by atoms with van der Waals surface area (Å²) in [7, 11) is 0. The second-order valence-corrected chi connectivity index (χ2v) is 4.70. The Morgan fingerprint density at radius 2 is 2.09 bits per heavy atom. The Labute approximate surface area is 128 Å². The van der Waals surface area contributed by atoms with Crippen molar-refractivity contribution in [3.63, 3.8) is 0 Å². The highest BCUT2D eigenvalue weighted by Crippen LogP contribution is 2.32. The number of hydrogen-bond acceptors (Lipinski definition) is 5. The first-order valence-corrected chi connectivity index (χ1v) is 6.53. The highest BCUT2D eigenvalue weighted by atomic mass is 35.5. The lowest BCUT2D eigenvalue weighted by atomic mass is 10.1. The van der Waals surface area contributed by atoms with Gasteiger partial charge in [0.1, 0.15) is 0 Å². The van der Waals surface area contributed by atoms with Crippen molar-refractivity contribution in [1.82, 2.24) is 10.1 Å². The lowest BCUT2D eigenvalue weighted by Crippen LogP contribution is -2.06. The van der Waals surface area contributed by atoms with E-state index in [4.69, 9.17) is 11.6 Å². The zero-order chi connectivity index (χ0) is 16.3. The van der Waals surface area contributed by atoms with Gasteiger partial charge >= 0.3 is 18.0 Å². The molecule has 0 aliphatic rings. The van der Waals surface area contributed by atoms with Gasteiger partial charge in [0, 0.05) is 11.4 Å². The molecule has 2 aromatic rings. The largest absolute Gasteiger partial charge is 0.459 e. The second kappa shape index (κ2) is 6.35. The fraction of sp³-hybridized carbons (Fsp3) is 0.308. The number of halogens is 4. The van der Waals surface area contributed by atoms with Crippen LogP contribution in [0, 0.1) is 0 Å². The van der Waals surface area contributed by atoms with Crippen LogP contribution in [0.15, 0.2) is 22.7 Å². The number of nitrogens with zero attached hydrogens (tertiary/aromatic N) is 2. The molecule has 0 saturated carbocycles. The van der Waals surface area contributed by atoms with E-state index >= 15 is 0 Å². The van der Waals surface area contributed by atoms with Gasteiger partial charge in [0.15, 0.2) is 5.82 Å². The minimum absolute atomic E-state index is 0.0541. The Kier molecular flexibility index (Phi) is 4.70. The van der Waals surface area contributed by atoms with Gasteiger partial charge in [-0.25, -0.2) is 4.79 Å². The molecule has 2 rings (SSSR count). The first kappa shape index (κ1) is 16.3. The molecule has 0 aliphatic carbocycles. The summed E-state index contributed by atoms with van der Waals surface area (Å²) in [5.74, 6) is -1.09. The summed E-state index contributed by atoms with van der Waals surface area (Å²) in [5, 5.41) is 3.47. The fourth-order valence-corrected chi connectivity index (χ4v) is 1.96. The molecule has 0 radical (unpaired) electrons. The Hall–Kier alpha value is -2.09. The van der Waals surface area contributed by atoms with Crippen LogP contribution in [0.5, 0.6) is 0 Å². The molecule has 1 heterocycles. The number of carbonyl (C=O) groups is 1. The summed E-state index contributed by atoms with van der Waals surface area (Å²) in [6.45, 7) is 1.75. The van der Waals surface area contributed by atoms with Crippen LogP contribution in [0.1, 0.15) is 34.6 Å². The topological polar surface area (TPSA) is 65.2 Å². The lowest BCUT2D eigenvalue weighted by Gasteiger charge is -2.08. The van der Waals surface area contributed by atoms with Crippen molar-refractivity contribution >= 4 is 17.6 Å². The van der Waals surface area contributed by atoms with Crippen molar-refractivity contribution in [1.29, 1.82) is 0 Å². The van der Waals surface area contributed by atoms with Crippen LogP contribution in [0.25, 0.3) is 0 Å². The van der Waals surface area contributed by atoms with Crippen LogP contribution in [0.2, 0.25) is 5.02 Å². The Morgan fingerprint density at radius 1 is 1.36 bits per heavy atom. The number of esters is 1. The monoisotopic (exact) mass is 334 g/mol. The minimum Gasteiger partial charge on any atom is -0.459 e. The SMILES string of the molecule is CCOC(=O)c1nc(Cc2cc(Cl)cc(C(F)(F)F)c2)no1. The van der Waals surface area contributed by atoms with Gasteiger partial charge in [0.2, 0.25) is 0 Å². The third-order valence-electron chi connectivity index (χ3n) is 2.57. The Balaban J connectivity index is 2.21. The molecule has 1 aromatic heterocycles. The Morgan fingerprint density at radius 3 is 2.73 bits per heavy atom. The van der Waals surface area contributed by atoms with Gasteiger partial charge in [-0.3, -0.25) is 0 Å². The van der Waals surface area contributed by atoms with Crippen molar-refractivity contribution in [2.24, 2.45) is 0 Å². The van der Waals surface area contributed by atoms with E-state index in [1.165, 1.54) is 6.07 Å². The molecule has 5 nitrogen and oxygen atoms in total. The average molecular weight is 335 g/mol. The molecule has 0 unspecified atom stereocenters.